The summed E-state index contributed by atoms with van der Waals surface area (Å²) < 4.78 is 0. The summed E-state index contributed by atoms with van der Waals surface area (Å²) in [6.45, 7) is 12.3. The maximum Gasteiger partial charge on any atom is 0.365 e. The normalized spacial score (nSPS) is 10.8. The fraction of sp³-hybridized carbons (Fsp3) is 0.0526. The Morgan fingerprint density at radius 2 is 1.06 bits per heavy atom. The lowest BCUT2D eigenvalue weighted by atomic mass is 9.98. The SMILES string of the molecule is C.C=C(c1cccc(N)c1)c1ccc2c(/C=C/c3ccccc3)n[nH]c2c1.C=C(c1cccc(NC(=O)c2ncc(C)s2)c1)c1ccc2c(/C=C/c3ccccc3)n[nH]c2c1.Cc1cnc(C(=O)O)s1. The highest BCUT2D eigenvalue weighted by atomic mass is 32.1. The summed E-state index contributed by atoms with van der Waals surface area (Å²) in [6, 6.07) is 48.2. The van der Waals surface area contributed by atoms with Crippen LogP contribution in [0.4, 0.5) is 11.4 Å². The molecule has 0 unspecified atom stereocenters. The molecule has 11 nitrogen and oxygen atoms in total. The Balaban J connectivity index is 0.000000177. The predicted octanol–water partition coefficient (Wildman–Crippen LogP) is 14.0. The molecule has 0 fully saturated rings. The van der Waals surface area contributed by atoms with Crippen LogP contribution in [0.1, 0.15) is 81.6 Å². The zero-order chi connectivity index (χ0) is 48.3. The molecule has 0 aliphatic carbocycles. The first kappa shape index (κ1) is 49.1. The Bertz CT molecular complexity index is 3510. The Morgan fingerprint density at radius 1 is 0.586 bits per heavy atom. The van der Waals surface area contributed by atoms with Crippen LogP contribution in [0.5, 0.6) is 0 Å². The van der Waals surface area contributed by atoms with E-state index in [0.29, 0.717) is 10.7 Å². The molecule has 0 bridgehead atoms. The van der Waals surface area contributed by atoms with Gasteiger partial charge in [0, 0.05) is 44.3 Å². The number of amides is 1. The topological polar surface area (TPSA) is 176 Å². The van der Waals surface area contributed by atoms with Crippen molar-refractivity contribution in [1.82, 2.24) is 30.4 Å². The molecule has 4 aromatic heterocycles. The number of fused-ring (bicyclic) bond motifs is 2. The van der Waals surface area contributed by atoms with E-state index in [-0.39, 0.29) is 18.3 Å². The highest BCUT2D eigenvalue weighted by molar-refractivity contribution is 7.13. The molecule has 348 valence electrons. The van der Waals surface area contributed by atoms with Crippen molar-refractivity contribution in [2.45, 2.75) is 21.3 Å². The van der Waals surface area contributed by atoms with Gasteiger partial charge in [0.2, 0.25) is 5.01 Å². The minimum Gasteiger partial charge on any atom is -0.476 e. The van der Waals surface area contributed by atoms with Crippen LogP contribution in [0.25, 0.3) is 57.3 Å². The van der Waals surface area contributed by atoms with E-state index in [9.17, 15) is 9.59 Å². The monoisotopic (exact) mass is 958 g/mol. The lowest BCUT2D eigenvalue weighted by Crippen LogP contribution is -2.11. The number of nitrogens with one attached hydrogen (secondary N) is 3. The van der Waals surface area contributed by atoms with Crippen molar-refractivity contribution in [3.8, 4) is 0 Å². The number of anilines is 2. The standard InChI is InChI=1S/C28H22N4OS.C23H19N3.C5H5NO2S.CH4/c1-18-17-29-28(34-18)27(33)30-23-10-6-9-21(15-23)19(2)22-12-13-24-25(31-32-26(24)16-22)14-11-20-7-4-3-5-8-20;1-16(18-8-5-9-20(24)14-18)19-11-12-21-22(25-26-23(21)15-19)13-10-17-6-3-2-4-7-17;1-3-2-6-4(9-3)5(7)8;/h3-17H,2H2,1H3,(H,30,33)(H,31,32);2-15H,1,24H2,(H,25,26);2H,1H3,(H,7,8);1H4/b14-11+;13-10+;;. The number of rotatable bonds is 11. The van der Waals surface area contributed by atoms with Crippen LogP contribution in [-0.2, 0) is 0 Å². The zero-order valence-corrected chi connectivity index (χ0v) is 39.3. The molecule has 0 saturated heterocycles. The Morgan fingerprint density at radius 3 is 1.51 bits per heavy atom. The number of aryl methyl sites for hydroxylation is 2. The van der Waals surface area contributed by atoms with Crippen molar-refractivity contribution >= 4 is 103 Å². The molecule has 1 amide bonds. The molecule has 6 aromatic carbocycles. The van der Waals surface area contributed by atoms with Crippen molar-refractivity contribution in [2.24, 2.45) is 0 Å². The van der Waals surface area contributed by atoms with Crippen LogP contribution in [0, 0.1) is 13.8 Å². The van der Waals surface area contributed by atoms with E-state index in [0.717, 1.165) is 93.2 Å². The molecular weight excluding hydrogens is 909 g/mol. The first-order chi connectivity index (χ1) is 33.5. The summed E-state index contributed by atoms with van der Waals surface area (Å²) >= 11 is 2.56. The number of H-pyrrole nitrogens is 2. The fourth-order valence-corrected chi connectivity index (χ4v) is 8.39. The largest absolute Gasteiger partial charge is 0.476 e. The third-order valence-electron chi connectivity index (χ3n) is 10.7. The van der Waals surface area contributed by atoms with E-state index in [2.05, 4.69) is 110 Å². The quantitative estimate of drug-likeness (QED) is 0.0796. The Kier molecular flexibility index (Phi) is 16.0. The number of carbonyl (C=O) groups excluding carboxylic acids is 1. The Labute approximate surface area is 414 Å². The third kappa shape index (κ3) is 12.4. The van der Waals surface area contributed by atoms with E-state index in [1.807, 2.05) is 123 Å². The number of carboxylic acids is 1. The van der Waals surface area contributed by atoms with Gasteiger partial charge in [0.1, 0.15) is 0 Å². The second-order valence-electron chi connectivity index (χ2n) is 15.7. The van der Waals surface area contributed by atoms with Gasteiger partial charge in [0.25, 0.3) is 5.91 Å². The Hall–Kier alpha value is -8.78. The molecule has 13 heteroatoms. The number of nitrogens with two attached hydrogens (primary N) is 1. The van der Waals surface area contributed by atoms with Gasteiger partial charge in [-0.3, -0.25) is 15.0 Å². The van der Waals surface area contributed by atoms with Gasteiger partial charge in [-0.1, -0.05) is 130 Å². The first-order valence-corrected chi connectivity index (χ1v) is 23.3. The summed E-state index contributed by atoms with van der Waals surface area (Å²) in [6.07, 6.45) is 11.4. The minimum absolute atomic E-state index is 0. The number of aromatic amines is 2. The van der Waals surface area contributed by atoms with Crippen LogP contribution >= 0.6 is 22.7 Å². The molecule has 70 heavy (non-hydrogen) atoms. The van der Waals surface area contributed by atoms with Gasteiger partial charge in [0.05, 0.1) is 22.4 Å². The van der Waals surface area contributed by atoms with Crippen molar-refractivity contribution in [3.05, 3.63) is 236 Å². The van der Waals surface area contributed by atoms with Crippen LogP contribution in [-0.4, -0.2) is 47.3 Å². The highest BCUT2D eigenvalue weighted by Gasteiger charge is 2.13. The number of aromatic nitrogens is 6. The van der Waals surface area contributed by atoms with Crippen molar-refractivity contribution in [2.75, 3.05) is 11.1 Å². The van der Waals surface area contributed by atoms with Gasteiger partial charge in [-0.25, -0.2) is 14.8 Å². The smallest absolute Gasteiger partial charge is 0.365 e. The van der Waals surface area contributed by atoms with Crippen molar-refractivity contribution in [3.63, 3.8) is 0 Å². The maximum absolute atomic E-state index is 12.5. The molecular formula is C57H50N8O3S2. The number of thiazole rings is 2. The van der Waals surface area contributed by atoms with E-state index in [1.165, 1.54) is 22.7 Å². The van der Waals surface area contributed by atoms with Gasteiger partial charge < -0.3 is 16.2 Å². The average Bonchev–Trinajstić information content (AvgIpc) is 4.20. The number of hydrogen-bond donors (Lipinski definition) is 5. The molecule has 6 N–H and O–H groups in total. The molecule has 10 rings (SSSR count). The summed E-state index contributed by atoms with van der Waals surface area (Å²) in [5.74, 6) is -1.16. The summed E-state index contributed by atoms with van der Waals surface area (Å²) in [5.41, 5.74) is 19.1. The zero-order valence-electron chi connectivity index (χ0n) is 37.7. The second kappa shape index (κ2) is 22.8. The van der Waals surface area contributed by atoms with Crippen LogP contribution in [0.3, 0.4) is 0 Å². The van der Waals surface area contributed by atoms with E-state index >= 15 is 0 Å². The number of aromatic carboxylic acids is 1. The molecule has 0 atom stereocenters. The molecule has 0 aliphatic rings. The number of nitrogens with zero attached hydrogens (tertiary/aromatic N) is 4. The lowest BCUT2D eigenvalue weighted by Gasteiger charge is -2.09. The van der Waals surface area contributed by atoms with E-state index < -0.39 is 5.97 Å². The fourth-order valence-electron chi connectivity index (χ4n) is 7.13. The minimum atomic E-state index is -0.951. The highest BCUT2D eigenvalue weighted by Crippen LogP contribution is 2.30. The summed E-state index contributed by atoms with van der Waals surface area (Å²) in [7, 11) is 0. The van der Waals surface area contributed by atoms with E-state index in [4.69, 9.17) is 10.8 Å². The van der Waals surface area contributed by atoms with Crippen LogP contribution < -0.4 is 11.1 Å². The van der Waals surface area contributed by atoms with Gasteiger partial charge in [-0.2, -0.15) is 10.2 Å². The van der Waals surface area contributed by atoms with Gasteiger partial charge >= 0.3 is 5.97 Å². The lowest BCUT2D eigenvalue weighted by molar-refractivity contribution is 0.0696. The molecule has 0 aliphatic heterocycles. The molecule has 0 spiro atoms. The average molecular weight is 959 g/mol. The number of carbonyl (C=O) groups is 2. The predicted molar refractivity (Wildman–Crippen MR) is 292 cm³/mol. The third-order valence-corrected chi connectivity index (χ3v) is 12.5. The van der Waals surface area contributed by atoms with Crippen LogP contribution in [0.2, 0.25) is 0 Å². The number of carboxylic acid groups (broad SMARTS) is 1. The molecule has 0 radical (unpaired) electrons. The second-order valence-corrected chi connectivity index (χ2v) is 18.2. The summed E-state index contributed by atoms with van der Waals surface area (Å²) in [5, 5.41) is 29.1. The maximum atomic E-state index is 12.5. The number of hydrogen-bond acceptors (Lipinski definition) is 9. The number of nitrogen functional groups attached to an aromatic ring is 1. The van der Waals surface area contributed by atoms with Crippen LogP contribution in [0.15, 0.2) is 171 Å². The summed E-state index contributed by atoms with van der Waals surface area (Å²) in [4.78, 5) is 32.3. The first-order valence-electron chi connectivity index (χ1n) is 21.6. The van der Waals surface area contributed by atoms with E-state index in [1.54, 1.807) is 12.4 Å². The number of benzene rings is 6. The molecule has 4 heterocycles. The van der Waals surface area contributed by atoms with Crippen molar-refractivity contribution < 1.29 is 14.7 Å². The van der Waals surface area contributed by atoms with Gasteiger partial charge in [-0.05, 0) is 119 Å². The van der Waals surface area contributed by atoms with Crippen molar-refractivity contribution in [1.29, 1.82) is 0 Å². The van der Waals surface area contributed by atoms with Gasteiger partial charge in [0.15, 0.2) is 5.01 Å². The van der Waals surface area contributed by atoms with Gasteiger partial charge in [-0.15, -0.1) is 22.7 Å². The molecule has 10 aromatic rings. The molecule has 0 saturated carbocycles.